The van der Waals surface area contributed by atoms with Gasteiger partial charge in [0.05, 0.1) is 40.3 Å². The summed E-state index contributed by atoms with van der Waals surface area (Å²) in [6.07, 6.45) is 1.12. The second-order valence-electron chi connectivity index (χ2n) is 5.37. The molecular weight excluding hydrogens is 404 g/mol. The van der Waals surface area contributed by atoms with Crippen molar-refractivity contribution in [2.75, 3.05) is 12.9 Å². The predicted octanol–water partition coefficient (Wildman–Crippen LogP) is 3.16. The lowest BCUT2D eigenvalue weighted by atomic mass is 10.2. The normalized spacial score (nSPS) is 11.0. The number of hydrogen-bond acceptors (Lipinski definition) is 9. The molecule has 0 saturated heterocycles. The van der Waals surface area contributed by atoms with E-state index in [9.17, 15) is 20.0 Å². The highest BCUT2D eigenvalue weighted by Crippen LogP contribution is 2.33. The Hall–Kier alpha value is -3.18. The highest BCUT2D eigenvalue weighted by Gasteiger charge is 2.16. The van der Waals surface area contributed by atoms with Crippen LogP contribution in [0.25, 0.3) is 10.2 Å². The fourth-order valence-electron chi connectivity index (χ4n) is 2.22. The fraction of sp³-hybridized carbons (Fsp3) is 0.118. The summed E-state index contributed by atoms with van der Waals surface area (Å²) >= 11 is 2.77. The third-order valence-corrected chi connectivity index (χ3v) is 5.69. The lowest BCUT2D eigenvalue weighted by Gasteiger charge is -2.05. The number of hydrazone groups is 1. The van der Waals surface area contributed by atoms with E-state index in [4.69, 9.17) is 4.74 Å². The molecule has 1 heterocycles. The smallest absolute Gasteiger partial charge is 0.274 e. The van der Waals surface area contributed by atoms with Gasteiger partial charge >= 0.3 is 0 Å². The molecule has 3 rings (SSSR count). The van der Waals surface area contributed by atoms with E-state index in [0.29, 0.717) is 0 Å². The van der Waals surface area contributed by atoms with Gasteiger partial charge in [0.15, 0.2) is 15.8 Å². The standard InChI is InChI=1S/C17H14N4O5S2/c1-26-13-7-11(21(24)25)6-10(16(13)23)8-18-20-15(22)9-27-17-19-12-4-2-3-5-14(12)28-17/h2-8,23H,9H2,1H3,(H,20,22). The summed E-state index contributed by atoms with van der Waals surface area (Å²) < 4.78 is 6.71. The van der Waals surface area contributed by atoms with Crippen molar-refractivity contribution in [1.82, 2.24) is 10.4 Å². The molecule has 9 nitrogen and oxygen atoms in total. The number of carbonyl (C=O) groups is 1. The van der Waals surface area contributed by atoms with E-state index in [1.807, 2.05) is 24.3 Å². The Labute approximate surface area is 167 Å². The summed E-state index contributed by atoms with van der Waals surface area (Å²) in [5, 5.41) is 24.7. The minimum absolute atomic E-state index is 0.0465. The van der Waals surface area contributed by atoms with Crippen molar-refractivity contribution >= 4 is 51.1 Å². The highest BCUT2D eigenvalue weighted by molar-refractivity contribution is 8.01. The topological polar surface area (TPSA) is 127 Å². The number of amides is 1. The third-order valence-electron chi connectivity index (χ3n) is 3.51. The first-order valence-corrected chi connectivity index (χ1v) is 9.64. The van der Waals surface area contributed by atoms with E-state index < -0.39 is 4.92 Å². The number of aromatic nitrogens is 1. The first kappa shape index (κ1) is 19.6. The number of fused-ring (bicyclic) bond motifs is 1. The molecule has 0 aliphatic rings. The Morgan fingerprint density at radius 2 is 2.25 bits per heavy atom. The second-order valence-corrected chi connectivity index (χ2v) is 7.63. The Balaban J connectivity index is 1.61. The second kappa shape index (κ2) is 8.67. The van der Waals surface area contributed by atoms with Crippen molar-refractivity contribution in [3.63, 3.8) is 0 Å². The number of nitro benzene ring substituents is 1. The number of nitrogens with one attached hydrogen (secondary N) is 1. The number of hydrogen-bond donors (Lipinski definition) is 2. The molecule has 0 radical (unpaired) electrons. The highest BCUT2D eigenvalue weighted by atomic mass is 32.2. The maximum absolute atomic E-state index is 11.9. The number of thioether (sulfide) groups is 1. The van der Waals surface area contributed by atoms with E-state index in [0.717, 1.165) is 32.9 Å². The molecule has 0 aliphatic carbocycles. The van der Waals surface area contributed by atoms with Crippen LogP contribution in [-0.4, -0.2) is 40.0 Å². The van der Waals surface area contributed by atoms with Gasteiger partial charge in [0.1, 0.15) is 0 Å². The molecule has 0 unspecified atom stereocenters. The van der Waals surface area contributed by atoms with E-state index in [2.05, 4.69) is 15.5 Å². The van der Waals surface area contributed by atoms with Crippen LogP contribution in [0.4, 0.5) is 5.69 Å². The molecule has 0 saturated carbocycles. The molecule has 11 heteroatoms. The number of nitrogens with zero attached hydrogens (tertiary/aromatic N) is 3. The molecule has 0 bridgehead atoms. The molecule has 0 atom stereocenters. The number of thiazole rings is 1. The molecule has 2 N–H and O–H groups in total. The first-order chi connectivity index (χ1) is 13.5. The number of carbonyl (C=O) groups excluding carboxylic acids is 1. The lowest BCUT2D eigenvalue weighted by molar-refractivity contribution is -0.385. The van der Waals surface area contributed by atoms with Gasteiger partial charge in [-0.15, -0.1) is 11.3 Å². The molecule has 1 amide bonds. The summed E-state index contributed by atoms with van der Waals surface area (Å²) in [6.45, 7) is 0. The van der Waals surface area contributed by atoms with Gasteiger partial charge in [0.2, 0.25) is 0 Å². The molecule has 28 heavy (non-hydrogen) atoms. The van der Waals surface area contributed by atoms with Crippen LogP contribution in [0.15, 0.2) is 45.8 Å². The van der Waals surface area contributed by atoms with Crippen LogP contribution < -0.4 is 10.2 Å². The van der Waals surface area contributed by atoms with Gasteiger partial charge in [0, 0.05) is 11.6 Å². The van der Waals surface area contributed by atoms with Crippen LogP contribution in [0.1, 0.15) is 5.56 Å². The number of para-hydroxylation sites is 1. The number of methoxy groups -OCH3 is 1. The number of non-ortho nitro benzene ring substituents is 1. The lowest BCUT2D eigenvalue weighted by Crippen LogP contribution is -2.19. The molecule has 144 valence electrons. The molecule has 0 aliphatic heterocycles. The number of rotatable bonds is 7. The molecule has 0 spiro atoms. The maximum atomic E-state index is 11.9. The average molecular weight is 418 g/mol. The zero-order valence-corrected chi connectivity index (χ0v) is 16.1. The number of aromatic hydroxyl groups is 1. The van der Waals surface area contributed by atoms with E-state index >= 15 is 0 Å². The molecular formula is C17H14N4O5S2. The quantitative estimate of drug-likeness (QED) is 0.261. The Morgan fingerprint density at radius 3 is 2.96 bits per heavy atom. The minimum Gasteiger partial charge on any atom is -0.504 e. The van der Waals surface area contributed by atoms with Crippen LogP contribution in [0.5, 0.6) is 11.5 Å². The van der Waals surface area contributed by atoms with Crippen LogP contribution in [-0.2, 0) is 4.79 Å². The van der Waals surface area contributed by atoms with Crippen LogP contribution in [0, 0.1) is 10.1 Å². The Morgan fingerprint density at radius 1 is 1.46 bits per heavy atom. The van der Waals surface area contributed by atoms with Gasteiger partial charge in [-0.25, -0.2) is 10.4 Å². The molecule has 1 aromatic heterocycles. The summed E-state index contributed by atoms with van der Waals surface area (Å²) in [4.78, 5) is 26.7. The summed E-state index contributed by atoms with van der Waals surface area (Å²) in [6, 6.07) is 9.91. The Bertz CT molecular complexity index is 1030. The number of phenols is 1. The molecule has 0 fully saturated rings. The number of phenolic OH excluding ortho intramolecular Hbond substituents is 1. The number of ether oxygens (including phenoxy) is 1. The third kappa shape index (κ3) is 4.56. The fourth-order valence-corrected chi connectivity index (χ4v) is 4.08. The zero-order valence-electron chi connectivity index (χ0n) is 14.5. The van der Waals surface area contributed by atoms with E-state index in [-0.39, 0.29) is 34.4 Å². The number of benzene rings is 2. The van der Waals surface area contributed by atoms with Gasteiger partial charge in [0.25, 0.3) is 11.6 Å². The summed E-state index contributed by atoms with van der Waals surface area (Å²) in [5.41, 5.74) is 2.97. The maximum Gasteiger partial charge on any atom is 0.274 e. The molecule has 3 aromatic rings. The van der Waals surface area contributed by atoms with Gasteiger partial charge in [-0.3, -0.25) is 14.9 Å². The van der Waals surface area contributed by atoms with Crippen LogP contribution in [0.3, 0.4) is 0 Å². The van der Waals surface area contributed by atoms with Gasteiger partial charge < -0.3 is 9.84 Å². The first-order valence-electron chi connectivity index (χ1n) is 7.83. The van der Waals surface area contributed by atoms with E-state index in [1.54, 1.807) is 0 Å². The van der Waals surface area contributed by atoms with Gasteiger partial charge in [-0.05, 0) is 12.1 Å². The van der Waals surface area contributed by atoms with Gasteiger partial charge in [-0.2, -0.15) is 5.10 Å². The van der Waals surface area contributed by atoms with Crippen molar-refractivity contribution in [1.29, 1.82) is 0 Å². The average Bonchev–Trinajstić information content (AvgIpc) is 3.10. The SMILES string of the molecule is COc1cc([N+](=O)[O-])cc(C=NNC(=O)CSc2nc3ccccc3s2)c1O. The van der Waals surface area contributed by atoms with Crippen molar-refractivity contribution in [3.8, 4) is 11.5 Å². The monoisotopic (exact) mass is 418 g/mol. The summed E-state index contributed by atoms with van der Waals surface area (Å²) in [7, 11) is 1.28. The van der Waals surface area contributed by atoms with Gasteiger partial charge in [-0.1, -0.05) is 23.9 Å². The number of nitro groups is 1. The van der Waals surface area contributed by atoms with Crippen molar-refractivity contribution in [2.45, 2.75) is 4.34 Å². The van der Waals surface area contributed by atoms with Crippen molar-refractivity contribution < 1.29 is 19.6 Å². The summed E-state index contributed by atoms with van der Waals surface area (Å²) in [5.74, 6) is -0.651. The Kier molecular flexibility index (Phi) is 6.06. The van der Waals surface area contributed by atoms with Crippen LogP contribution in [0.2, 0.25) is 0 Å². The predicted molar refractivity (Wildman–Crippen MR) is 107 cm³/mol. The molecule has 2 aromatic carbocycles. The zero-order chi connectivity index (χ0) is 20.1. The minimum atomic E-state index is -0.619. The largest absolute Gasteiger partial charge is 0.504 e. The van der Waals surface area contributed by atoms with E-state index in [1.165, 1.54) is 30.2 Å². The van der Waals surface area contributed by atoms with Crippen molar-refractivity contribution in [2.24, 2.45) is 5.10 Å². The van der Waals surface area contributed by atoms with Crippen molar-refractivity contribution in [3.05, 3.63) is 52.1 Å². The van der Waals surface area contributed by atoms with Crippen LogP contribution >= 0.6 is 23.1 Å².